The van der Waals surface area contributed by atoms with Crippen LogP contribution in [0.4, 0.5) is 10.1 Å². The van der Waals surface area contributed by atoms with E-state index in [4.69, 9.17) is 10.9 Å². The topological polar surface area (TPSA) is 70.6 Å². The molecule has 2 aromatic rings. The van der Waals surface area contributed by atoms with Crippen LogP contribution in [0.2, 0.25) is 0 Å². The first-order chi connectivity index (χ1) is 10.1. The maximum Gasteiger partial charge on any atom is 0.141 e. The summed E-state index contributed by atoms with van der Waals surface area (Å²) in [5, 5.41) is 15.0. The fourth-order valence-corrected chi connectivity index (χ4v) is 2.35. The van der Waals surface area contributed by atoms with E-state index >= 15 is 0 Å². The number of rotatable bonds is 5. The summed E-state index contributed by atoms with van der Waals surface area (Å²) in [6, 6.07) is 14.1. The van der Waals surface area contributed by atoms with Gasteiger partial charge in [0.05, 0.1) is 10.5 Å². The number of hydrogen-bond acceptors (Lipinski definition) is 3. The van der Waals surface area contributed by atoms with Crippen molar-refractivity contribution in [2.45, 2.75) is 12.5 Å². The summed E-state index contributed by atoms with van der Waals surface area (Å²) < 4.78 is 13.7. The summed E-state index contributed by atoms with van der Waals surface area (Å²) in [5.74, 6) is -0.203. The van der Waals surface area contributed by atoms with E-state index in [1.807, 2.05) is 30.3 Å². The summed E-state index contributed by atoms with van der Waals surface area (Å²) in [6.45, 7) is 0. The molecule has 2 rings (SSSR count). The Morgan fingerprint density at radius 1 is 1.29 bits per heavy atom. The molecule has 0 heterocycles. The molecule has 0 radical (unpaired) electrons. The lowest BCUT2D eigenvalue weighted by Crippen LogP contribution is -2.21. The quantitative estimate of drug-likeness (QED) is 0.331. The number of halogens is 2. The maximum atomic E-state index is 13.3. The van der Waals surface area contributed by atoms with E-state index in [-0.39, 0.29) is 17.7 Å². The molecule has 21 heavy (non-hydrogen) atoms. The molecule has 0 fully saturated rings. The predicted octanol–water partition coefficient (Wildman–Crippen LogP) is 3.88. The first-order valence-electron chi connectivity index (χ1n) is 6.33. The van der Waals surface area contributed by atoms with Crippen LogP contribution in [0.3, 0.4) is 0 Å². The van der Waals surface area contributed by atoms with E-state index in [1.54, 1.807) is 12.1 Å². The van der Waals surface area contributed by atoms with Crippen molar-refractivity contribution in [3.8, 4) is 0 Å². The third-order valence-electron chi connectivity index (χ3n) is 3.00. The van der Waals surface area contributed by atoms with Crippen molar-refractivity contribution in [3.63, 3.8) is 0 Å². The van der Waals surface area contributed by atoms with Gasteiger partial charge in [0.15, 0.2) is 0 Å². The van der Waals surface area contributed by atoms with Gasteiger partial charge in [-0.15, -0.1) is 0 Å². The highest BCUT2D eigenvalue weighted by atomic mass is 79.9. The fraction of sp³-hybridized carbons (Fsp3) is 0.133. The molecular weight excluding hydrogens is 337 g/mol. The van der Waals surface area contributed by atoms with E-state index in [1.165, 1.54) is 6.07 Å². The number of nitrogens with two attached hydrogens (primary N) is 1. The number of hydrogen-bond donors (Lipinski definition) is 3. The van der Waals surface area contributed by atoms with Gasteiger partial charge in [-0.25, -0.2) is 4.39 Å². The Kier molecular flexibility index (Phi) is 5.16. The number of benzene rings is 2. The van der Waals surface area contributed by atoms with E-state index in [9.17, 15) is 4.39 Å². The van der Waals surface area contributed by atoms with Gasteiger partial charge in [-0.3, -0.25) is 0 Å². The number of amidine groups is 1. The lowest BCUT2D eigenvalue weighted by atomic mass is 10.0. The standard InChI is InChI=1S/C15H15BrFN3O/c16-12-8-11(6-7-13(12)17)19-14(9-15(18)20-21)10-4-2-1-3-5-10/h1-8,14,19,21H,9H2,(H2,18,20). The zero-order chi connectivity index (χ0) is 15.2. The molecule has 0 saturated heterocycles. The van der Waals surface area contributed by atoms with Crippen molar-refractivity contribution >= 4 is 27.5 Å². The highest BCUT2D eigenvalue weighted by molar-refractivity contribution is 9.10. The normalized spacial score (nSPS) is 13.0. The van der Waals surface area contributed by atoms with Crippen LogP contribution in [0.25, 0.3) is 0 Å². The maximum absolute atomic E-state index is 13.3. The Morgan fingerprint density at radius 3 is 2.62 bits per heavy atom. The first kappa shape index (κ1) is 15.3. The number of nitrogens with zero attached hydrogens (tertiary/aromatic N) is 1. The SMILES string of the molecule is N/C(CC(Nc1ccc(F)c(Br)c1)c1ccccc1)=N/O. The molecule has 1 unspecified atom stereocenters. The number of oxime groups is 1. The zero-order valence-electron chi connectivity index (χ0n) is 11.1. The first-order valence-corrected chi connectivity index (χ1v) is 7.12. The molecule has 0 aliphatic heterocycles. The Hall–Kier alpha value is -2.08. The number of anilines is 1. The predicted molar refractivity (Wildman–Crippen MR) is 84.9 cm³/mol. The van der Waals surface area contributed by atoms with Crippen molar-refractivity contribution in [1.82, 2.24) is 0 Å². The van der Waals surface area contributed by atoms with Crippen LogP contribution in [-0.4, -0.2) is 11.0 Å². The third kappa shape index (κ3) is 4.19. The molecule has 6 heteroatoms. The summed E-state index contributed by atoms with van der Waals surface area (Å²) in [5.41, 5.74) is 7.34. The second kappa shape index (κ2) is 7.08. The molecule has 4 N–H and O–H groups in total. The molecule has 4 nitrogen and oxygen atoms in total. The summed E-state index contributed by atoms with van der Waals surface area (Å²) >= 11 is 3.15. The van der Waals surface area contributed by atoms with Crippen molar-refractivity contribution in [1.29, 1.82) is 0 Å². The molecule has 0 aromatic heterocycles. The van der Waals surface area contributed by atoms with Crippen LogP contribution < -0.4 is 11.1 Å². The number of nitrogens with one attached hydrogen (secondary N) is 1. The Morgan fingerprint density at radius 2 is 2.00 bits per heavy atom. The molecule has 0 bridgehead atoms. The van der Waals surface area contributed by atoms with Gasteiger partial charge in [0, 0.05) is 12.1 Å². The van der Waals surface area contributed by atoms with Crippen molar-refractivity contribution in [2.75, 3.05) is 5.32 Å². The van der Waals surface area contributed by atoms with Crippen LogP contribution in [0, 0.1) is 5.82 Å². The second-order valence-electron chi connectivity index (χ2n) is 4.53. The van der Waals surface area contributed by atoms with Gasteiger partial charge in [-0.1, -0.05) is 35.5 Å². The van der Waals surface area contributed by atoms with Gasteiger partial charge in [0.1, 0.15) is 11.7 Å². The summed E-state index contributed by atoms with van der Waals surface area (Å²) in [4.78, 5) is 0. The fourth-order valence-electron chi connectivity index (χ4n) is 1.97. The van der Waals surface area contributed by atoms with E-state index in [2.05, 4.69) is 26.4 Å². The monoisotopic (exact) mass is 351 g/mol. The van der Waals surface area contributed by atoms with Gasteiger partial charge >= 0.3 is 0 Å². The van der Waals surface area contributed by atoms with Gasteiger partial charge in [-0.05, 0) is 39.7 Å². The molecular formula is C15H15BrFN3O. The van der Waals surface area contributed by atoms with Crippen LogP contribution in [0.15, 0.2) is 58.2 Å². The lowest BCUT2D eigenvalue weighted by molar-refractivity contribution is 0.316. The minimum absolute atomic E-state index is 0.123. The Bertz CT molecular complexity index is 634. The molecule has 0 amide bonds. The lowest BCUT2D eigenvalue weighted by Gasteiger charge is -2.20. The van der Waals surface area contributed by atoms with Gasteiger partial charge < -0.3 is 16.3 Å². The third-order valence-corrected chi connectivity index (χ3v) is 3.61. The van der Waals surface area contributed by atoms with Gasteiger partial charge in [0.2, 0.25) is 0 Å². The molecule has 0 spiro atoms. The largest absolute Gasteiger partial charge is 0.409 e. The van der Waals surface area contributed by atoms with Crippen molar-refractivity contribution in [3.05, 3.63) is 64.4 Å². The molecule has 2 aromatic carbocycles. The van der Waals surface area contributed by atoms with Crippen LogP contribution in [0.1, 0.15) is 18.0 Å². The average molecular weight is 352 g/mol. The van der Waals surface area contributed by atoms with Gasteiger partial charge in [0.25, 0.3) is 0 Å². The average Bonchev–Trinajstić information content (AvgIpc) is 2.51. The van der Waals surface area contributed by atoms with Gasteiger partial charge in [-0.2, -0.15) is 0 Å². The summed E-state index contributed by atoms with van der Waals surface area (Å²) in [6.07, 6.45) is 0.329. The molecule has 0 aliphatic rings. The minimum Gasteiger partial charge on any atom is -0.409 e. The second-order valence-corrected chi connectivity index (χ2v) is 5.39. The van der Waals surface area contributed by atoms with Crippen molar-refractivity contribution in [2.24, 2.45) is 10.9 Å². The smallest absolute Gasteiger partial charge is 0.141 e. The molecule has 0 saturated carbocycles. The van der Waals surface area contributed by atoms with Crippen LogP contribution in [-0.2, 0) is 0 Å². The molecule has 1 atom stereocenters. The summed E-state index contributed by atoms with van der Waals surface area (Å²) in [7, 11) is 0. The Balaban J connectivity index is 2.25. The van der Waals surface area contributed by atoms with Crippen LogP contribution >= 0.6 is 15.9 Å². The Labute approximate surface area is 130 Å². The van der Waals surface area contributed by atoms with Crippen LogP contribution in [0.5, 0.6) is 0 Å². The van der Waals surface area contributed by atoms with E-state index < -0.39 is 0 Å². The van der Waals surface area contributed by atoms with Crippen molar-refractivity contribution < 1.29 is 9.60 Å². The molecule has 110 valence electrons. The van der Waals surface area contributed by atoms with E-state index in [0.717, 1.165) is 11.3 Å². The molecule has 0 aliphatic carbocycles. The van der Waals surface area contributed by atoms with E-state index in [0.29, 0.717) is 10.9 Å². The highest BCUT2D eigenvalue weighted by Crippen LogP contribution is 2.26. The highest BCUT2D eigenvalue weighted by Gasteiger charge is 2.14. The minimum atomic E-state index is -0.326. The zero-order valence-corrected chi connectivity index (χ0v) is 12.7.